The second-order valence-corrected chi connectivity index (χ2v) is 6.26. The SMILES string of the molecule is CC(C)Cc1noc(C2CCCN(Cc3ncc[nH]3)C2)n1. The lowest BCUT2D eigenvalue weighted by molar-refractivity contribution is 0.177. The standard InChI is InChI=1S/C15H23N5O/c1-11(2)8-13-18-15(21-19-13)12-4-3-7-20(9-12)10-14-16-5-6-17-14/h5-6,11-12H,3-4,7-10H2,1-2H3,(H,16,17). The van der Waals surface area contributed by atoms with Gasteiger partial charge < -0.3 is 9.51 Å². The number of aromatic nitrogens is 4. The van der Waals surface area contributed by atoms with Crippen LogP contribution in [-0.4, -0.2) is 38.1 Å². The van der Waals surface area contributed by atoms with Gasteiger partial charge in [-0.3, -0.25) is 4.90 Å². The van der Waals surface area contributed by atoms with Crippen LogP contribution >= 0.6 is 0 Å². The summed E-state index contributed by atoms with van der Waals surface area (Å²) >= 11 is 0. The lowest BCUT2D eigenvalue weighted by Gasteiger charge is -2.30. The highest BCUT2D eigenvalue weighted by Crippen LogP contribution is 2.26. The van der Waals surface area contributed by atoms with Crippen molar-refractivity contribution in [3.63, 3.8) is 0 Å². The van der Waals surface area contributed by atoms with Crippen molar-refractivity contribution in [2.45, 2.75) is 45.6 Å². The molecule has 1 unspecified atom stereocenters. The molecule has 1 fully saturated rings. The van der Waals surface area contributed by atoms with Gasteiger partial charge in [0.1, 0.15) is 5.82 Å². The molecule has 3 heterocycles. The topological polar surface area (TPSA) is 70.8 Å². The van der Waals surface area contributed by atoms with Crippen LogP contribution in [0.3, 0.4) is 0 Å². The van der Waals surface area contributed by atoms with Crippen LogP contribution in [0.1, 0.15) is 50.1 Å². The average molecular weight is 289 g/mol. The lowest BCUT2D eigenvalue weighted by Crippen LogP contribution is -2.34. The molecule has 6 heteroatoms. The normalized spacial score (nSPS) is 20.2. The Morgan fingerprint density at radius 2 is 2.38 bits per heavy atom. The maximum absolute atomic E-state index is 5.48. The van der Waals surface area contributed by atoms with E-state index in [0.29, 0.717) is 11.8 Å². The molecule has 0 spiro atoms. The van der Waals surface area contributed by atoms with Crippen molar-refractivity contribution in [1.82, 2.24) is 25.0 Å². The monoisotopic (exact) mass is 289 g/mol. The minimum Gasteiger partial charge on any atom is -0.348 e. The Kier molecular flexibility index (Phi) is 4.34. The molecule has 1 saturated heterocycles. The molecule has 21 heavy (non-hydrogen) atoms. The Labute approximate surface area is 125 Å². The molecule has 6 nitrogen and oxygen atoms in total. The summed E-state index contributed by atoms with van der Waals surface area (Å²) in [5.74, 6) is 3.55. The number of hydrogen-bond acceptors (Lipinski definition) is 5. The largest absolute Gasteiger partial charge is 0.348 e. The summed E-state index contributed by atoms with van der Waals surface area (Å²) in [6.45, 7) is 7.26. The molecular weight excluding hydrogens is 266 g/mol. The maximum atomic E-state index is 5.48. The van der Waals surface area contributed by atoms with E-state index in [0.717, 1.165) is 56.4 Å². The number of hydrogen-bond donors (Lipinski definition) is 1. The average Bonchev–Trinajstić information content (AvgIpc) is 3.10. The third-order valence-electron chi connectivity index (χ3n) is 3.86. The number of aromatic amines is 1. The zero-order valence-electron chi connectivity index (χ0n) is 12.7. The molecule has 1 N–H and O–H groups in total. The predicted octanol–water partition coefficient (Wildman–Crippen LogP) is 2.37. The zero-order valence-corrected chi connectivity index (χ0v) is 12.7. The van der Waals surface area contributed by atoms with Gasteiger partial charge in [-0.05, 0) is 25.3 Å². The highest BCUT2D eigenvalue weighted by atomic mass is 16.5. The molecule has 1 atom stereocenters. The number of piperidine rings is 1. The molecule has 0 amide bonds. The van der Waals surface area contributed by atoms with Crippen LogP contribution in [0.25, 0.3) is 0 Å². The molecule has 1 aliphatic heterocycles. The Bertz CT molecular complexity index is 548. The van der Waals surface area contributed by atoms with Crippen molar-refractivity contribution in [3.8, 4) is 0 Å². The second kappa shape index (κ2) is 6.39. The van der Waals surface area contributed by atoms with Crippen LogP contribution in [-0.2, 0) is 13.0 Å². The summed E-state index contributed by atoms with van der Waals surface area (Å²) in [4.78, 5) is 14.4. The van der Waals surface area contributed by atoms with E-state index < -0.39 is 0 Å². The first-order valence-corrected chi connectivity index (χ1v) is 7.74. The first kappa shape index (κ1) is 14.3. The van der Waals surface area contributed by atoms with Gasteiger partial charge in [0.2, 0.25) is 5.89 Å². The Morgan fingerprint density at radius 1 is 1.48 bits per heavy atom. The summed E-state index contributed by atoms with van der Waals surface area (Å²) in [6.07, 6.45) is 6.83. The Morgan fingerprint density at radius 3 is 3.14 bits per heavy atom. The van der Waals surface area contributed by atoms with Gasteiger partial charge >= 0.3 is 0 Å². The molecule has 0 aliphatic carbocycles. The van der Waals surface area contributed by atoms with Crippen molar-refractivity contribution in [2.24, 2.45) is 5.92 Å². The van der Waals surface area contributed by atoms with Crippen molar-refractivity contribution in [2.75, 3.05) is 13.1 Å². The van der Waals surface area contributed by atoms with Gasteiger partial charge in [0.05, 0.1) is 12.5 Å². The number of imidazole rings is 1. The van der Waals surface area contributed by atoms with Crippen LogP contribution in [0.15, 0.2) is 16.9 Å². The van der Waals surface area contributed by atoms with Gasteiger partial charge in [-0.1, -0.05) is 19.0 Å². The van der Waals surface area contributed by atoms with Crippen LogP contribution in [0, 0.1) is 5.92 Å². The minimum atomic E-state index is 0.349. The van der Waals surface area contributed by atoms with E-state index in [4.69, 9.17) is 4.52 Å². The summed E-state index contributed by atoms with van der Waals surface area (Å²) in [5.41, 5.74) is 0. The van der Waals surface area contributed by atoms with Gasteiger partial charge in [0, 0.05) is 25.4 Å². The molecule has 1 aliphatic rings. The van der Waals surface area contributed by atoms with Crippen molar-refractivity contribution < 1.29 is 4.52 Å². The third kappa shape index (κ3) is 3.69. The van der Waals surface area contributed by atoms with Crippen molar-refractivity contribution in [1.29, 1.82) is 0 Å². The minimum absolute atomic E-state index is 0.349. The summed E-state index contributed by atoms with van der Waals surface area (Å²) in [6, 6.07) is 0. The fraction of sp³-hybridized carbons (Fsp3) is 0.667. The number of nitrogens with zero attached hydrogens (tertiary/aromatic N) is 4. The van der Waals surface area contributed by atoms with E-state index in [2.05, 4.69) is 38.9 Å². The van der Waals surface area contributed by atoms with Crippen LogP contribution in [0.4, 0.5) is 0 Å². The molecule has 2 aromatic rings. The Hall–Kier alpha value is -1.69. The fourth-order valence-corrected chi connectivity index (χ4v) is 2.88. The highest BCUT2D eigenvalue weighted by Gasteiger charge is 2.26. The molecule has 0 aromatic carbocycles. The molecule has 2 aromatic heterocycles. The smallest absolute Gasteiger partial charge is 0.231 e. The second-order valence-electron chi connectivity index (χ2n) is 6.26. The number of rotatable bonds is 5. The van der Waals surface area contributed by atoms with Gasteiger partial charge in [0.25, 0.3) is 0 Å². The first-order valence-electron chi connectivity index (χ1n) is 7.74. The van der Waals surface area contributed by atoms with Gasteiger partial charge in [-0.25, -0.2) is 4.98 Å². The molecular formula is C15H23N5O. The Balaban J connectivity index is 1.61. The van der Waals surface area contributed by atoms with Crippen molar-refractivity contribution in [3.05, 3.63) is 29.9 Å². The first-order chi connectivity index (χ1) is 10.2. The molecule has 0 bridgehead atoms. The molecule has 0 saturated carbocycles. The third-order valence-corrected chi connectivity index (χ3v) is 3.86. The van der Waals surface area contributed by atoms with E-state index in [9.17, 15) is 0 Å². The number of likely N-dealkylation sites (tertiary alicyclic amines) is 1. The zero-order chi connectivity index (χ0) is 14.7. The van der Waals surface area contributed by atoms with Gasteiger partial charge in [-0.15, -0.1) is 0 Å². The van der Waals surface area contributed by atoms with E-state index >= 15 is 0 Å². The van der Waals surface area contributed by atoms with Gasteiger partial charge in [0.15, 0.2) is 5.82 Å². The van der Waals surface area contributed by atoms with E-state index in [1.165, 1.54) is 0 Å². The summed E-state index contributed by atoms with van der Waals surface area (Å²) in [7, 11) is 0. The fourth-order valence-electron chi connectivity index (χ4n) is 2.88. The quantitative estimate of drug-likeness (QED) is 0.915. The van der Waals surface area contributed by atoms with Crippen LogP contribution in [0.2, 0.25) is 0 Å². The molecule has 3 rings (SSSR count). The molecule has 0 radical (unpaired) electrons. The lowest BCUT2D eigenvalue weighted by atomic mass is 9.98. The number of H-pyrrole nitrogens is 1. The van der Waals surface area contributed by atoms with E-state index in [-0.39, 0.29) is 0 Å². The van der Waals surface area contributed by atoms with E-state index in [1.807, 2.05) is 6.20 Å². The van der Waals surface area contributed by atoms with Gasteiger partial charge in [-0.2, -0.15) is 4.98 Å². The van der Waals surface area contributed by atoms with E-state index in [1.54, 1.807) is 6.20 Å². The van der Waals surface area contributed by atoms with Crippen LogP contribution in [0.5, 0.6) is 0 Å². The summed E-state index contributed by atoms with van der Waals surface area (Å²) < 4.78 is 5.48. The number of nitrogens with one attached hydrogen (secondary N) is 1. The van der Waals surface area contributed by atoms with Crippen LogP contribution < -0.4 is 0 Å². The maximum Gasteiger partial charge on any atom is 0.231 e. The highest BCUT2D eigenvalue weighted by molar-refractivity contribution is 4.98. The van der Waals surface area contributed by atoms with Crippen molar-refractivity contribution >= 4 is 0 Å². The summed E-state index contributed by atoms with van der Waals surface area (Å²) in [5, 5.41) is 4.11. The predicted molar refractivity (Wildman–Crippen MR) is 78.7 cm³/mol. The molecule has 114 valence electrons.